The molecule has 1 aromatic heterocycles. The summed E-state index contributed by atoms with van der Waals surface area (Å²) in [6.45, 7) is 0.722. The van der Waals surface area contributed by atoms with Crippen molar-refractivity contribution in [3.63, 3.8) is 0 Å². The van der Waals surface area contributed by atoms with Crippen LogP contribution < -0.4 is 0 Å². The number of para-hydroxylation sites is 2. The van der Waals surface area contributed by atoms with Gasteiger partial charge in [0.2, 0.25) is 11.6 Å². The Morgan fingerprint density at radius 3 is 3.00 bits per heavy atom. The minimum Gasteiger partial charge on any atom is -0.493 e. The van der Waals surface area contributed by atoms with Crippen molar-refractivity contribution in [2.75, 3.05) is 13.2 Å². The van der Waals surface area contributed by atoms with E-state index < -0.39 is 5.97 Å². The van der Waals surface area contributed by atoms with Gasteiger partial charge in [0.25, 0.3) is 0 Å². The molecule has 6 heteroatoms. The number of hydrogen-bond donors (Lipinski definition) is 0. The van der Waals surface area contributed by atoms with Gasteiger partial charge in [-0.25, -0.2) is 9.78 Å². The molecule has 2 heterocycles. The van der Waals surface area contributed by atoms with Gasteiger partial charge in [-0.15, -0.1) is 0 Å². The molecule has 6 nitrogen and oxygen atoms in total. The second-order valence-electron chi connectivity index (χ2n) is 3.85. The first-order valence-electron chi connectivity index (χ1n) is 5.79. The van der Waals surface area contributed by atoms with Gasteiger partial charge in [-0.3, -0.25) is 0 Å². The van der Waals surface area contributed by atoms with Gasteiger partial charge >= 0.3 is 5.97 Å². The Hall–Kier alpha value is -2.50. The number of esters is 1. The van der Waals surface area contributed by atoms with Crippen LogP contribution in [-0.4, -0.2) is 24.2 Å². The molecule has 3 rings (SSSR count). The van der Waals surface area contributed by atoms with E-state index in [-0.39, 0.29) is 12.4 Å². The van der Waals surface area contributed by atoms with E-state index in [1.165, 1.54) is 6.26 Å². The van der Waals surface area contributed by atoms with Gasteiger partial charge < -0.3 is 18.6 Å². The molecule has 0 bridgehead atoms. The van der Waals surface area contributed by atoms with E-state index in [1.807, 2.05) is 18.2 Å². The van der Waals surface area contributed by atoms with Crippen molar-refractivity contribution in [3.8, 4) is 0 Å². The standard InChI is InChI=1S/C13H11NO5/c15-13(11-7-16-5-6-17-11)18-8-12-14-9-3-1-2-4-10(9)19-12/h1-4,7H,5-6,8H2. The molecule has 0 radical (unpaired) electrons. The van der Waals surface area contributed by atoms with Crippen LogP contribution in [0, 0.1) is 0 Å². The molecule has 1 aromatic carbocycles. The molecule has 0 unspecified atom stereocenters. The Morgan fingerprint density at radius 2 is 2.21 bits per heavy atom. The van der Waals surface area contributed by atoms with Crippen LogP contribution in [0.5, 0.6) is 0 Å². The molecule has 0 N–H and O–H groups in total. The number of nitrogens with zero attached hydrogens (tertiary/aromatic N) is 1. The lowest BCUT2D eigenvalue weighted by Gasteiger charge is -2.13. The monoisotopic (exact) mass is 261 g/mol. The van der Waals surface area contributed by atoms with Crippen molar-refractivity contribution in [1.29, 1.82) is 0 Å². The maximum Gasteiger partial charge on any atom is 0.377 e. The molecule has 1 aliphatic heterocycles. The highest BCUT2D eigenvalue weighted by Crippen LogP contribution is 2.16. The molecule has 0 amide bonds. The summed E-state index contributed by atoms with van der Waals surface area (Å²) < 4.78 is 20.5. The summed E-state index contributed by atoms with van der Waals surface area (Å²) >= 11 is 0. The van der Waals surface area contributed by atoms with Crippen LogP contribution in [0.1, 0.15) is 5.89 Å². The number of hydrogen-bond acceptors (Lipinski definition) is 6. The van der Waals surface area contributed by atoms with E-state index >= 15 is 0 Å². The number of aromatic nitrogens is 1. The van der Waals surface area contributed by atoms with Gasteiger partial charge in [-0.2, -0.15) is 0 Å². The fourth-order valence-corrected chi connectivity index (χ4v) is 1.66. The highest BCUT2D eigenvalue weighted by molar-refractivity contribution is 5.86. The van der Waals surface area contributed by atoms with E-state index in [4.69, 9.17) is 18.6 Å². The minimum absolute atomic E-state index is 0.0474. The third-order valence-corrected chi connectivity index (χ3v) is 2.52. The first-order valence-corrected chi connectivity index (χ1v) is 5.79. The Kier molecular flexibility index (Phi) is 3.06. The average molecular weight is 261 g/mol. The summed E-state index contributed by atoms with van der Waals surface area (Å²) in [5.74, 6) is -0.198. The molecule has 2 aromatic rings. The van der Waals surface area contributed by atoms with Gasteiger partial charge in [0.15, 0.2) is 12.2 Å². The summed E-state index contributed by atoms with van der Waals surface area (Å²) in [6.07, 6.45) is 1.25. The Morgan fingerprint density at radius 1 is 1.32 bits per heavy atom. The quantitative estimate of drug-likeness (QED) is 0.784. The zero-order valence-corrected chi connectivity index (χ0v) is 10.00. The second kappa shape index (κ2) is 5.01. The molecule has 0 fully saturated rings. The van der Waals surface area contributed by atoms with Crippen LogP contribution in [0.4, 0.5) is 0 Å². The van der Waals surface area contributed by atoms with Gasteiger partial charge in [-0.05, 0) is 12.1 Å². The van der Waals surface area contributed by atoms with Crippen LogP contribution >= 0.6 is 0 Å². The molecule has 0 spiro atoms. The lowest BCUT2D eigenvalue weighted by atomic mass is 10.3. The largest absolute Gasteiger partial charge is 0.493 e. The van der Waals surface area contributed by atoms with Crippen molar-refractivity contribution in [1.82, 2.24) is 4.98 Å². The summed E-state index contributed by atoms with van der Waals surface area (Å²) in [7, 11) is 0. The predicted molar refractivity (Wildman–Crippen MR) is 63.8 cm³/mol. The number of carbonyl (C=O) groups is 1. The van der Waals surface area contributed by atoms with Crippen LogP contribution in [0.25, 0.3) is 11.1 Å². The zero-order valence-electron chi connectivity index (χ0n) is 10.00. The number of benzene rings is 1. The molecule has 0 saturated carbocycles. The molecule has 0 saturated heterocycles. The predicted octanol–water partition coefficient (Wildman–Crippen LogP) is 1.76. The van der Waals surface area contributed by atoms with Crippen molar-refractivity contribution in [3.05, 3.63) is 42.2 Å². The van der Waals surface area contributed by atoms with Crippen molar-refractivity contribution < 1.29 is 23.4 Å². The topological polar surface area (TPSA) is 70.8 Å². The van der Waals surface area contributed by atoms with Crippen LogP contribution in [0.2, 0.25) is 0 Å². The summed E-state index contributed by atoms with van der Waals surface area (Å²) in [5, 5.41) is 0. The Bertz CT molecular complexity index is 598. The van der Waals surface area contributed by atoms with Crippen molar-refractivity contribution in [2.24, 2.45) is 0 Å². The van der Waals surface area contributed by atoms with Gasteiger partial charge in [0, 0.05) is 0 Å². The smallest absolute Gasteiger partial charge is 0.377 e. The van der Waals surface area contributed by atoms with Crippen LogP contribution in [0.15, 0.2) is 40.7 Å². The highest BCUT2D eigenvalue weighted by atomic mass is 16.6. The third-order valence-electron chi connectivity index (χ3n) is 2.52. The molecule has 0 atom stereocenters. The lowest BCUT2D eigenvalue weighted by Crippen LogP contribution is -2.17. The molecule has 19 heavy (non-hydrogen) atoms. The average Bonchev–Trinajstić information content (AvgIpc) is 2.88. The summed E-state index contributed by atoms with van der Waals surface area (Å²) in [5.41, 5.74) is 1.38. The normalized spacial score (nSPS) is 14.4. The summed E-state index contributed by atoms with van der Waals surface area (Å²) in [6, 6.07) is 7.33. The Labute approximate surface area is 108 Å². The maximum absolute atomic E-state index is 11.6. The van der Waals surface area contributed by atoms with Crippen LogP contribution in [-0.2, 0) is 25.6 Å². The highest BCUT2D eigenvalue weighted by Gasteiger charge is 2.17. The SMILES string of the molecule is O=C(OCc1nc2ccccc2o1)C1=COCCO1. The van der Waals surface area contributed by atoms with Gasteiger partial charge in [-0.1, -0.05) is 12.1 Å². The van der Waals surface area contributed by atoms with Gasteiger partial charge in [0.1, 0.15) is 25.0 Å². The number of fused-ring (bicyclic) bond motifs is 1. The number of rotatable bonds is 3. The van der Waals surface area contributed by atoms with Gasteiger partial charge in [0.05, 0.1) is 0 Å². The lowest BCUT2D eigenvalue weighted by molar-refractivity contribution is -0.146. The minimum atomic E-state index is -0.595. The van der Waals surface area contributed by atoms with E-state index in [1.54, 1.807) is 6.07 Å². The fourth-order valence-electron chi connectivity index (χ4n) is 1.66. The van der Waals surface area contributed by atoms with E-state index in [0.717, 1.165) is 5.52 Å². The number of oxazole rings is 1. The summed E-state index contributed by atoms with van der Waals surface area (Å²) in [4.78, 5) is 15.8. The van der Waals surface area contributed by atoms with Crippen molar-refractivity contribution in [2.45, 2.75) is 6.61 Å². The third kappa shape index (κ3) is 2.52. The zero-order chi connectivity index (χ0) is 13.1. The molecular weight excluding hydrogens is 250 g/mol. The number of ether oxygens (including phenoxy) is 3. The van der Waals surface area contributed by atoms with E-state index in [2.05, 4.69) is 4.98 Å². The van der Waals surface area contributed by atoms with E-state index in [0.29, 0.717) is 24.7 Å². The fraction of sp³-hybridized carbons (Fsp3) is 0.231. The molecule has 0 aliphatic carbocycles. The Balaban J connectivity index is 1.65. The first kappa shape index (κ1) is 11.6. The maximum atomic E-state index is 11.6. The van der Waals surface area contributed by atoms with Crippen molar-refractivity contribution >= 4 is 17.1 Å². The molecule has 98 valence electrons. The second-order valence-corrected chi connectivity index (χ2v) is 3.85. The van der Waals surface area contributed by atoms with Crippen LogP contribution in [0.3, 0.4) is 0 Å². The van der Waals surface area contributed by atoms with E-state index in [9.17, 15) is 4.79 Å². The molecule has 1 aliphatic rings. The first-order chi connectivity index (χ1) is 9.33. The molecular formula is C13H11NO5. The number of carbonyl (C=O) groups excluding carboxylic acids is 1.